The first kappa shape index (κ1) is 23.7. The SMILES string of the molecule is CN=C(NCCc1cc(C)ccc1OC)NCc1ccc(Cn2ccnc2)cc1.I. The number of guanidine groups is 1. The van der Waals surface area contributed by atoms with Crippen LogP contribution in [0.3, 0.4) is 0 Å². The van der Waals surface area contributed by atoms with Crippen molar-refractivity contribution < 1.29 is 4.74 Å². The molecule has 7 heteroatoms. The van der Waals surface area contributed by atoms with Gasteiger partial charge < -0.3 is 19.9 Å². The van der Waals surface area contributed by atoms with Crippen LogP contribution in [0.15, 0.2) is 66.2 Å². The molecule has 0 saturated heterocycles. The van der Waals surface area contributed by atoms with Gasteiger partial charge in [0.15, 0.2) is 5.96 Å². The minimum atomic E-state index is 0. The van der Waals surface area contributed by atoms with E-state index in [1.165, 1.54) is 22.3 Å². The second-order valence-corrected chi connectivity index (χ2v) is 6.97. The van der Waals surface area contributed by atoms with Gasteiger partial charge in [0.25, 0.3) is 0 Å². The summed E-state index contributed by atoms with van der Waals surface area (Å²) in [4.78, 5) is 8.39. The number of nitrogens with zero attached hydrogens (tertiary/aromatic N) is 3. The number of benzene rings is 2. The zero-order valence-corrected chi connectivity index (χ0v) is 20.1. The second-order valence-electron chi connectivity index (χ2n) is 6.97. The van der Waals surface area contributed by atoms with Crippen LogP contribution in [-0.4, -0.2) is 36.2 Å². The first-order valence-electron chi connectivity index (χ1n) is 9.79. The molecule has 0 aliphatic heterocycles. The molecule has 6 nitrogen and oxygen atoms in total. The predicted molar refractivity (Wildman–Crippen MR) is 133 cm³/mol. The molecule has 0 spiro atoms. The number of aliphatic imine (C=N–C) groups is 1. The number of rotatable bonds is 8. The molecule has 2 N–H and O–H groups in total. The molecule has 3 rings (SSSR count). The average molecular weight is 519 g/mol. The number of methoxy groups -OCH3 is 1. The van der Waals surface area contributed by atoms with Gasteiger partial charge in [-0.1, -0.05) is 42.0 Å². The summed E-state index contributed by atoms with van der Waals surface area (Å²) in [5, 5.41) is 6.74. The Morgan fingerprint density at radius 2 is 1.87 bits per heavy atom. The van der Waals surface area contributed by atoms with E-state index in [0.29, 0.717) is 0 Å². The predicted octanol–water partition coefficient (Wildman–Crippen LogP) is 3.77. The van der Waals surface area contributed by atoms with E-state index < -0.39 is 0 Å². The van der Waals surface area contributed by atoms with Gasteiger partial charge in [0, 0.05) is 39.1 Å². The lowest BCUT2D eigenvalue weighted by atomic mass is 10.1. The van der Waals surface area contributed by atoms with Crippen molar-refractivity contribution in [1.29, 1.82) is 0 Å². The second kappa shape index (κ2) is 12.2. The Labute approximate surface area is 195 Å². The lowest BCUT2D eigenvalue weighted by Gasteiger charge is -2.14. The van der Waals surface area contributed by atoms with Crippen molar-refractivity contribution in [2.45, 2.75) is 26.4 Å². The first-order valence-corrected chi connectivity index (χ1v) is 9.79. The fraction of sp³-hybridized carbons (Fsp3) is 0.304. The Hall–Kier alpha value is -2.55. The van der Waals surface area contributed by atoms with Gasteiger partial charge in [0.1, 0.15) is 5.75 Å². The van der Waals surface area contributed by atoms with Crippen LogP contribution in [0.25, 0.3) is 0 Å². The number of imidazole rings is 1. The normalized spacial score (nSPS) is 11.0. The Balaban J connectivity index is 0.00000320. The summed E-state index contributed by atoms with van der Waals surface area (Å²) >= 11 is 0. The summed E-state index contributed by atoms with van der Waals surface area (Å²) in [6.07, 6.45) is 6.47. The molecule has 0 fully saturated rings. The molecule has 3 aromatic rings. The zero-order valence-electron chi connectivity index (χ0n) is 17.8. The molecule has 1 heterocycles. The highest BCUT2D eigenvalue weighted by molar-refractivity contribution is 14.0. The van der Waals surface area contributed by atoms with Crippen LogP contribution in [0, 0.1) is 6.92 Å². The third kappa shape index (κ3) is 7.05. The summed E-state index contributed by atoms with van der Waals surface area (Å²) in [6, 6.07) is 14.8. The van der Waals surface area contributed by atoms with Gasteiger partial charge in [-0.05, 0) is 36.1 Å². The van der Waals surface area contributed by atoms with Crippen LogP contribution in [0.2, 0.25) is 0 Å². The van der Waals surface area contributed by atoms with Gasteiger partial charge in [-0.2, -0.15) is 0 Å². The van der Waals surface area contributed by atoms with Crippen LogP contribution < -0.4 is 15.4 Å². The Bertz CT molecular complexity index is 923. The quantitative estimate of drug-likeness (QED) is 0.270. The highest BCUT2D eigenvalue weighted by Gasteiger charge is 2.04. The summed E-state index contributed by atoms with van der Waals surface area (Å²) in [5.74, 6) is 1.72. The fourth-order valence-corrected chi connectivity index (χ4v) is 3.18. The molecule has 1 aromatic heterocycles. The fourth-order valence-electron chi connectivity index (χ4n) is 3.18. The van der Waals surface area contributed by atoms with Gasteiger partial charge in [0.2, 0.25) is 0 Å². The van der Waals surface area contributed by atoms with Crippen molar-refractivity contribution in [2.75, 3.05) is 20.7 Å². The van der Waals surface area contributed by atoms with Gasteiger partial charge in [-0.3, -0.25) is 4.99 Å². The number of hydrogen-bond donors (Lipinski definition) is 2. The Morgan fingerprint density at radius 1 is 1.10 bits per heavy atom. The van der Waals surface area contributed by atoms with Gasteiger partial charge >= 0.3 is 0 Å². The molecule has 0 radical (unpaired) electrons. The highest BCUT2D eigenvalue weighted by Crippen LogP contribution is 2.19. The zero-order chi connectivity index (χ0) is 20.5. The molecule has 0 amide bonds. The topological polar surface area (TPSA) is 63.5 Å². The van der Waals surface area contributed by atoms with Gasteiger partial charge in [0.05, 0.1) is 13.4 Å². The summed E-state index contributed by atoms with van der Waals surface area (Å²) in [5.41, 5.74) is 4.90. The third-order valence-corrected chi connectivity index (χ3v) is 4.75. The molecule has 0 aliphatic carbocycles. The monoisotopic (exact) mass is 519 g/mol. The molecule has 0 bridgehead atoms. The largest absolute Gasteiger partial charge is 0.496 e. The molecule has 0 unspecified atom stereocenters. The number of aromatic nitrogens is 2. The average Bonchev–Trinajstić information content (AvgIpc) is 3.25. The van der Waals surface area contributed by atoms with Crippen molar-refractivity contribution in [2.24, 2.45) is 4.99 Å². The molecule has 160 valence electrons. The van der Waals surface area contributed by atoms with Crippen molar-refractivity contribution >= 4 is 29.9 Å². The number of halogens is 1. The summed E-state index contributed by atoms with van der Waals surface area (Å²) < 4.78 is 7.51. The Kier molecular flexibility index (Phi) is 9.66. The van der Waals surface area contributed by atoms with E-state index in [2.05, 4.69) is 68.5 Å². The van der Waals surface area contributed by atoms with Crippen LogP contribution in [-0.2, 0) is 19.5 Å². The molecule has 0 atom stereocenters. The molecular formula is C23H30IN5O. The van der Waals surface area contributed by atoms with Crippen LogP contribution >= 0.6 is 24.0 Å². The number of ether oxygens (including phenoxy) is 1. The maximum atomic E-state index is 5.45. The van der Waals surface area contributed by atoms with E-state index in [9.17, 15) is 0 Å². The molecule has 30 heavy (non-hydrogen) atoms. The van der Waals surface area contributed by atoms with E-state index in [1.807, 2.05) is 18.6 Å². The Morgan fingerprint density at radius 3 is 2.53 bits per heavy atom. The maximum Gasteiger partial charge on any atom is 0.191 e. The van der Waals surface area contributed by atoms with E-state index >= 15 is 0 Å². The smallest absolute Gasteiger partial charge is 0.191 e. The van der Waals surface area contributed by atoms with Crippen molar-refractivity contribution in [3.63, 3.8) is 0 Å². The minimum absolute atomic E-state index is 0. The maximum absolute atomic E-state index is 5.45. The summed E-state index contributed by atoms with van der Waals surface area (Å²) in [6.45, 7) is 4.43. The van der Waals surface area contributed by atoms with Gasteiger partial charge in [-0.25, -0.2) is 4.98 Å². The number of aryl methyl sites for hydroxylation is 1. The van der Waals surface area contributed by atoms with E-state index in [0.717, 1.165) is 37.8 Å². The van der Waals surface area contributed by atoms with Crippen molar-refractivity contribution in [3.05, 3.63) is 83.4 Å². The minimum Gasteiger partial charge on any atom is -0.496 e. The summed E-state index contributed by atoms with van der Waals surface area (Å²) in [7, 11) is 3.50. The van der Waals surface area contributed by atoms with E-state index in [-0.39, 0.29) is 24.0 Å². The van der Waals surface area contributed by atoms with Crippen molar-refractivity contribution in [3.8, 4) is 5.75 Å². The van der Waals surface area contributed by atoms with Crippen LogP contribution in [0.1, 0.15) is 22.3 Å². The first-order chi connectivity index (χ1) is 14.2. The van der Waals surface area contributed by atoms with Gasteiger partial charge in [-0.15, -0.1) is 24.0 Å². The molecule has 0 aliphatic rings. The van der Waals surface area contributed by atoms with E-state index in [4.69, 9.17) is 4.74 Å². The third-order valence-electron chi connectivity index (χ3n) is 4.75. The lowest BCUT2D eigenvalue weighted by Crippen LogP contribution is -2.37. The number of nitrogens with one attached hydrogen (secondary N) is 2. The highest BCUT2D eigenvalue weighted by atomic mass is 127. The lowest BCUT2D eigenvalue weighted by molar-refractivity contribution is 0.409. The van der Waals surface area contributed by atoms with Crippen LogP contribution in [0.5, 0.6) is 5.75 Å². The molecule has 0 saturated carbocycles. The van der Waals surface area contributed by atoms with Crippen LogP contribution in [0.4, 0.5) is 0 Å². The standard InChI is InChI=1S/C23H29N5O.HI/c1-18-4-9-22(29-3)21(14-18)10-11-26-23(24-2)27-15-19-5-7-20(8-6-19)16-28-13-12-25-17-28;/h4-9,12-14,17H,10-11,15-16H2,1-3H3,(H2,24,26,27);1H. The number of hydrogen-bond acceptors (Lipinski definition) is 3. The van der Waals surface area contributed by atoms with Crippen molar-refractivity contribution in [1.82, 2.24) is 20.2 Å². The molecule has 2 aromatic carbocycles. The van der Waals surface area contributed by atoms with E-state index in [1.54, 1.807) is 20.4 Å². The molecular weight excluding hydrogens is 489 g/mol.